The van der Waals surface area contributed by atoms with Crippen molar-refractivity contribution in [3.63, 3.8) is 0 Å². The highest BCUT2D eigenvalue weighted by molar-refractivity contribution is 5.21. The smallest absolute Gasteiger partial charge is 0.128 e. The first kappa shape index (κ1) is 15.9. The number of fused-ring (bicyclic) bond motifs is 1. The van der Waals surface area contributed by atoms with Gasteiger partial charge < -0.3 is 4.90 Å². The molecule has 3 heterocycles. The van der Waals surface area contributed by atoms with Gasteiger partial charge in [0.1, 0.15) is 5.82 Å². The van der Waals surface area contributed by atoms with E-state index in [2.05, 4.69) is 41.9 Å². The van der Waals surface area contributed by atoms with Crippen LogP contribution < -0.4 is 0 Å². The minimum Gasteiger partial charge on any atom is -0.303 e. The Labute approximate surface area is 134 Å². The molecular formula is C18H30N4. The highest BCUT2D eigenvalue weighted by Crippen LogP contribution is 2.23. The minimum atomic E-state index is 0.623. The lowest BCUT2D eigenvalue weighted by atomic mass is 10.00. The molecule has 0 saturated carbocycles. The summed E-state index contributed by atoms with van der Waals surface area (Å²) in [6.45, 7) is 8.96. The summed E-state index contributed by atoms with van der Waals surface area (Å²) in [7, 11) is 2.28. The van der Waals surface area contributed by atoms with Crippen molar-refractivity contribution in [3.05, 3.63) is 23.3 Å². The van der Waals surface area contributed by atoms with Gasteiger partial charge in [-0.15, -0.1) is 0 Å². The Hall–Kier alpha value is -1.00. The third-order valence-electron chi connectivity index (χ3n) is 5.06. The third kappa shape index (κ3) is 3.85. The zero-order chi connectivity index (χ0) is 15.5. The molecule has 0 aliphatic carbocycles. The first-order valence-electron chi connectivity index (χ1n) is 8.88. The molecule has 1 fully saturated rings. The molecule has 0 N–H and O–H groups in total. The lowest BCUT2D eigenvalue weighted by Crippen LogP contribution is -2.38. The molecule has 0 aromatic carbocycles. The maximum atomic E-state index is 4.79. The Morgan fingerprint density at radius 1 is 1.27 bits per heavy atom. The molecule has 0 bridgehead atoms. The largest absolute Gasteiger partial charge is 0.303 e. The molecule has 2 aliphatic rings. The zero-order valence-corrected chi connectivity index (χ0v) is 14.4. The topological polar surface area (TPSA) is 32.3 Å². The van der Waals surface area contributed by atoms with Crippen LogP contribution in [-0.2, 0) is 19.5 Å². The van der Waals surface area contributed by atoms with Crippen LogP contribution in [0.25, 0.3) is 0 Å². The molecule has 0 spiro atoms. The standard InChI is InChI=1S/C18H30N4/c1-14(2)10-18-19-11-15-12-22(13-17(15)20-18)9-7-16-6-4-5-8-21(16)3/h11,14,16H,4-10,12-13H2,1-3H3/t16-/m0/s1. The second kappa shape index (κ2) is 7.05. The van der Waals surface area contributed by atoms with Crippen molar-refractivity contribution in [2.75, 3.05) is 20.1 Å². The molecule has 2 aliphatic heterocycles. The third-order valence-corrected chi connectivity index (χ3v) is 5.06. The van der Waals surface area contributed by atoms with E-state index in [1.54, 1.807) is 0 Å². The number of aromatic nitrogens is 2. The summed E-state index contributed by atoms with van der Waals surface area (Å²) in [4.78, 5) is 14.4. The van der Waals surface area contributed by atoms with Crippen LogP contribution in [0.4, 0.5) is 0 Å². The van der Waals surface area contributed by atoms with E-state index in [1.807, 2.05) is 0 Å². The molecule has 1 saturated heterocycles. The summed E-state index contributed by atoms with van der Waals surface area (Å²) < 4.78 is 0. The fourth-order valence-electron chi connectivity index (χ4n) is 3.72. The number of likely N-dealkylation sites (tertiary alicyclic amines) is 1. The van der Waals surface area contributed by atoms with Crippen LogP contribution in [0.2, 0.25) is 0 Å². The van der Waals surface area contributed by atoms with E-state index in [0.29, 0.717) is 5.92 Å². The number of piperidine rings is 1. The molecule has 1 aromatic heterocycles. The molecule has 3 rings (SSSR count). The van der Waals surface area contributed by atoms with E-state index < -0.39 is 0 Å². The normalized spacial score (nSPS) is 23.2. The maximum Gasteiger partial charge on any atom is 0.128 e. The van der Waals surface area contributed by atoms with Crippen LogP contribution in [0.15, 0.2) is 6.20 Å². The lowest BCUT2D eigenvalue weighted by Gasteiger charge is -2.33. The van der Waals surface area contributed by atoms with Crippen LogP contribution in [0.1, 0.15) is 56.6 Å². The van der Waals surface area contributed by atoms with Gasteiger partial charge in [0, 0.05) is 43.9 Å². The van der Waals surface area contributed by atoms with Gasteiger partial charge in [0.25, 0.3) is 0 Å². The van der Waals surface area contributed by atoms with Crippen molar-refractivity contribution in [1.82, 2.24) is 19.8 Å². The number of nitrogens with zero attached hydrogens (tertiary/aromatic N) is 4. The van der Waals surface area contributed by atoms with E-state index in [0.717, 1.165) is 31.4 Å². The summed E-state index contributed by atoms with van der Waals surface area (Å²) in [6, 6.07) is 0.778. The van der Waals surface area contributed by atoms with Crippen molar-refractivity contribution in [2.45, 2.75) is 65.1 Å². The number of hydrogen-bond donors (Lipinski definition) is 0. The second-order valence-corrected chi connectivity index (χ2v) is 7.49. The summed E-state index contributed by atoms with van der Waals surface area (Å²) in [6.07, 6.45) is 8.48. The van der Waals surface area contributed by atoms with Gasteiger partial charge >= 0.3 is 0 Å². The van der Waals surface area contributed by atoms with Gasteiger partial charge in [0.2, 0.25) is 0 Å². The second-order valence-electron chi connectivity index (χ2n) is 7.49. The number of rotatable bonds is 5. The van der Waals surface area contributed by atoms with E-state index in [-0.39, 0.29) is 0 Å². The Morgan fingerprint density at radius 2 is 2.14 bits per heavy atom. The van der Waals surface area contributed by atoms with Crippen molar-refractivity contribution in [2.24, 2.45) is 5.92 Å². The van der Waals surface area contributed by atoms with Crippen molar-refractivity contribution in [3.8, 4) is 0 Å². The average Bonchev–Trinajstić information content (AvgIpc) is 2.88. The molecule has 0 unspecified atom stereocenters. The quantitative estimate of drug-likeness (QED) is 0.837. The Bertz CT molecular complexity index is 500. The Kier molecular flexibility index (Phi) is 5.09. The fraction of sp³-hybridized carbons (Fsp3) is 0.778. The monoisotopic (exact) mass is 302 g/mol. The van der Waals surface area contributed by atoms with Crippen LogP contribution in [0.3, 0.4) is 0 Å². The highest BCUT2D eigenvalue weighted by Gasteiger charge is 2.24. The molecule has 22 heavy (non-hydrogen) atoms. The van der Waals surface area contributed by atoms with E-state index in [9.17, 15) is 0 Å². The highest BCUT2D eigenvalue weighted by atomic mass is 15.2. The molecule has 0 amide bonds. The van der Waals surface area contributed by atoms with E-state index >= 15 is 0 Å². The Balaban J connectivity index is 1.53. The molecule has 1 aromatic rings. The van der Waals surface area contributed by atoms with Crippen molar-refractivity contribution < 1.29 is 0 Å². The average molecular weight is 302 g/mol. The molecular weight excluding hydrogens is 272 g/mol. The van der Waals surface area contributed by atoms with Crippen LogP contribution >= 0.6 is 0 Å². The van der Waals surface area contributed by atoms with Crippen LogP contribution in [-0.4, -0.2) is 45.9 Å². The van der Waals surface area contributed by atoms with Crippen LogP contribution in [0, 0.1) is 5.92 Å². The first-order chi connectivity index (χ1) is 10.6. The predicted octanol–water partition coefficient (Wildman–Crippen LogP) is 2.87. The molecule has 122 valence electrons. The van der Waals surface area contributed by atoms with Gasteiger partial charge in [-0.25, -0.2) is 9.97 Å². The molecule has 4 heteroatoms. The first-order valence-corrected chi connectivity index (χ1v) is 8.88. The van der Waals surface area contributed by atoms with Gasteiger partial charge in [-0.2, -0.15) is 0 Å². The summed E-state index contributed by atoms with van der Waals surface area (Å²) >= 11 is 0. The Morgan fingerprint density at radius 3 is 2.91 bits per heavy atom. The predicted molar refractivity (Wildman–Crippen MR) is 89.6 cm³/mol. The summed E-state index contributed by atoms with van der Waals surface area (Å²) in [5.74, 6) is 1.64. The van der Waals surface area contributed by atoms with Crippen molar-refractivity contribution in [1.29, 1.82) is 0 Å². The summed E-state index contributed by atoms with van der Waals surface area (Å²) in [5, 5.41) is 0. The van der Waals surface area contributed by atoms with Gasteiger partial charge in [0.05, 0.1) is 5.69 Å². The van der Waals surface area contributed by atoms with Gasteiger partial charge in [0.15, 0.2) is 0 Å². The summed E-state index contributed by atoms with van der Waals surface area (Å²) in [5.41, 5.74) is 2.60. The van der Waals surface area contributed by atoms with E-state index in [4.69, 9.17) is 4.98 Å². The zero-order valence-electron chi connectivity index (χ0n) is 14.4. The lowest BCUT2D eigenvalue weighted by molar-refractivity contribution is 0.153. The molecule has 0 radical (unpaired) electrons. The molecule has 4 nitrogen and oxygen atoms in total. The van der Waals surface area contributed by atoms with E-state index in [1.165, 1.54) is 50.0 Å². The van der Waals surface area contributed by atoms with Gasteiger partial charge in [-0.1, -0.05) is 20.3 Å². The van der Waals surface area contributed by atoms with Crippen molar-refractivity contribution >= 4 is 0 Å². The molecule has 1 atom stereocenters. The van der Waals surface area contributed by atoms with Crippen LogP contribution in [0.5, 0.6) is 0 Å². The van der Waals surface area contributed by atoms with Gasteiger partial charge in [-0.3, -0.25) is 4.90 Å². The fourth-order valence-corrected chi connectivity index (χ4v) is 3.72. The number of hydrogen-bond acceptors (Lipinski definition) is 4. The maximum absolute atomic E-state index is 4.79. The van der Waals surface area contributed by atoms with Gasteiger partial charge in [-0.05, 0) is 38.8 Å². The SMILES string of the molecule is CC(C)Cc1ncc2c(n1)CN(CC[C@@H]1CCCCN1C)C2. The minimum absolute atomic E-state index is 0.623.